The van der Waals surface area contributed by atoms with E-state index in [-0.39, 0.29) is 18.3 Å². The quantitative estimate of drug-likeness (QED) is 0.724. The minimum Gasteiger partial charge on any atom is -0.508 e. The molecule has 29 heavy (non-hydrogen) atoms. The molecule has 0 aliphatic heterocycles. The largest absolute Gasteiger partial charge is 0.508 e. The molecule has 0 radical (unpaired) electrons. The summed E-state index contributed by atoms with van der Waals surface area (Å²) in [6.45, 7) is 5.53. The van der Waals surface area contributed by atoms with Gasteiger partial charge in [-0.3, -0.25) is 0 Å². The summed E-state index contributed by atoms with van der Waals surface area (Å²) >= 11 is 5.83. The molecule has 2 atom stereocenters. The van der Waals surface area contributed by atoms with E-state index in [9.17, 15) is 15.0 Å². The number of benzene rings is 1. The summed E-state index contributed by atoms with van der Waals surface area (Å²) in [6.07, 6.45) is 2.26. The van der Waals surface area contributed by atoms with Crippen molar-refractivity contribution in [3.8, 4) is 5.75 Å². The van der Waals surface area contributed by atoms with Gasteiger partial charge in [-0.05, 0) is 69.4 Å². The zero-order valence-corrected chi connectivity index (χ0v) is 17.7. The molecule has 0 bridgehead atoms. The first kappa shape index (κ1) is 21.4. The zero-order valence-electron chi connectivity index (χ0n) is 16.9. The molecule has 1 heterocycles. The third-order valence-electron chi connectivity index (χ3n) is 4.97. The minimum atomic E-state index is -0.919. The summed E-state index contributed by atoms with van der Waals surface area (Å²) < 4.78 is 5.61. The molecule has 1 aromatic carbocycles. The maximum Gasteiger partial charge on any atom is 0.410 e. The number of halogens is 1. The fourth-order valence-electron chi connectivity index (χ4n) is 3.56. The van der Waals surface area contributed by atoms with Crippen LogP contribution in [0.3, 0.4) is 0 Å². The van der Waals surface area contributed by atoms with E-state index in [2.05, 4.69) is 4.98 Å². The first-order valence-corrected chi connectivity index (χ1v) is 10.1. The highest BCUT2D eigenvalue weighted by Crippen LogP contribution is 2.29. The van der Waals surface area contributed by atoms with Crippen molar-refractivity contribution in [2.75, 3.05) is 6.54 Å². The van der Waals surface area contributed by atoms with Crippen molar-refractivity contribution in [1.82, 2.24) is 9.88 Å². The number of aromatic hydroxyl groups is 1. The van der Waals surface area contributed by atoms with Crippen LogP contribution in [0.5, 0.6) is 5.75 Å². The Morgan fingerprint density at radius 2 is 2.07 bits per heavy atom. The van der Waals surface area contributed by atoms with Gasteiger partial charge in [-0.15, -0.1) is 0 Å². The Morgan fingerprint density at radius 1 is 1.31 bits per heavy atom. The van der Waals surface area contributed by atoms with Gasteiger partial charge in [0.25, 0.3) is 0 Å². The summed E-state index contributed by atoms with van der Waals surface area (Å²) in [5, 5.41) is 20.9. The van der Waals surface area contributed by atoms with E-state index in [0.29, 0.717) is 17.1 Å². The van der Waals surface area contributed by atoms with Crippen LogP contribution in [-0.2, 0) is 17.6 Å². The molecule has 0 spiro atoms. The Bertz CT molecular complexity index is 864. The number of fused-ring (bicyclic) bond motifs is 1. The molecule has 3 rings (SSSR count). The highest BCUT2D eigenvalue weighted by atomic mass is 35.5. The Kier molecular flexibility index (Phi) is 6.34. The van der Waals surface area contributed by atoms with Crippen LogP contribution >= 0.6 is 11.6 Å². The van der Waals surface area contributed by atoms with Crippen LogP contribution < -0.4 is 0 Å². The van der Waals surface area contributed by atoms with Crippen molar-refractivity contribution >= 4 is 17.7 Å². The molecule has 0 saturated carbocycles. The standard InChI is InChI=1S/C22H27ClN2O4/c1-22(2,3)29-21(28)25(13-19(27)15-6-9-20(23)24-12-15)17-7-4-14-5-8-18(26)11-16(14)10-17/h5-6,8-9,11-12,17,19,26-27H,4,7,10,13H2,1-3H3/t17-,19-/m0/s1. The van der Waals surface area contributed by atoms with Crippen molar-refractivity contribution in [1.29, 1.82) is 0 Å². The second-order valence-corrected chi connectivity index (χ2v) is 8.80. The molecule has 1 aliphatic rings. The molecule has 0 unspecified atom stereocenters. The van der Waals surface area contributed by atoms with Crippen molar-refractivity contribution in [2.24, 2.45) is 0 Å². The summed E-state index contributed by atoms with van der Waals surface area (Å²) in [7, 11) is 0. The molecular formula is C22H27ClN2O4. The number of hydrogen-bond acceptors (Lipinski definition) is 5. The molecule has 1 aliphatic carbocycles. The van der Waals surface area contributed by atoms with E-state index in [4.69, 9.17) is 16.3 Å². The summed E-state index contributed by atoms with van der Waals surface area (Å²) in [5.41, 5.74) is 2.12. The Balaban J connectivity index is 1.83. The van der Waals surface area contributed by atoms with E-state index in [1.54, 1.807) is 29.2 Å². The second kappa shape index (κ2) is 8.59. The maximum atomic E-state index is 13.0. The number of pyridine rings is 1. The van der Waals surface area contributed by atoms with Crippen molar-refractivity contribution < 1.29 is 19.7 Å². The summed E-state index contributed by atoms with van der Waals surface area (Å²) in [4.78, 5) is 18.6. The number of nitrogens with zero attached hydrogens (tertiary/aromatic N) is 2. The van der Waals surface area contributed by atoms with Crippen LogP contribution in [-0.4, -0.2) is 44.4 Å². The molecule has 7 heteroatoms. The van der Waals surface area contributed by atoms with Crippen molar-refractivity contribution in [2.45, 2.75) is 57.8 Å². The van der Waals surface area contributed by atoms with Crippen LogP contribution in [0.4, 0.5) is 4.79 Å². The maximum absolute atomic E-state index is 13.0. The number of rotatable bonds is 4. The van der Waals surface area contributed by atoms with Crippen LogP contribution in [0, 0.1) is 0 Å². The van der Waals surface area contributed by atoms with Gasteiger partial charge in [0.1, 0.15) is 16.5 Å². The lowest BCUT2D eigenvalue weighted by Crippen LogP contribution is -2.47. The second-order valence-electron chi connectivity index (χ2n) is 8.41. The number of phenolic OH excluding ortho intramolecular Hbond substituents is 1. The van der Waals surface area contributed by atoms with Crippen LogP contribution in [0.1, 0.15) is 50.0 Å². The van der Waals surface area contributed by atoms with Gasteiger partial charge in [-0.25, -0.2) is 9.78 Å². The van der Waals surface area contributed by atoms with Gasteiger partial charge in [-0.2, -0.15) is 0 Å². The van der Waals surface area contributed by atoms with E-state index in [1.165, 1.54) is 11.8 Å². The fraction of sp³-hybridized carbons (Fsp3) is 0.455. The molecule has 0 fully saturated rings. The molecule has 6 nitrogen and oxygen atoms in total. The van der Waals surface area contributed by atoms with Gasteiger partial charge < -0.3 is 19.8 Å². The normalized spacial score (nSPS) is 17.3. The third kappa shape index (κ3) is 5.61. The highest BCUT2D eigenvalue weighted by molar-refractivity contribution is 6.29. The summed E-state index contributed by atoms with van der Waals surface area (Å²) in [5.74, 6) is 0.209. The number of carbonyl (C=O) groups is 1. The molecule has 156 valence electrons. The average molecular weight is 419 g/mol. The fourth-order valence-corrected chi connectivity index (χ4v) is 3.67. The van der Waals surface area contributed by atoms with E-state index in [1.807, 2.05) is 26.8 Å². The van der Waals surface area contributed by atoms with Gasteiger partial charge >= 0.3 is 6.09 Å². The lowest BCUT2D eigenvalue weighted by molar-refractivity contribution is 0.00192. The van der Waals surface area contributed by atoms with Gasteiger partial charge in [0, 0.05) is 17.8 Å². The number of aryl methyl sites for hydroxylation is 1. The Morgan fingerprint density at radius 3 is 2.72 bits per heavy atom. The lowest BCUT2D eigenvalue weighted by Gasteiger charge is -2.37. The van der Waals surface area contributed by atoms with E-state index >= 15 is 0 Å². The first-order valence-electron chi connectivity index (χ1n) is 9.72. The van der Waals surface area contributed by atoms with Crippen LogP contribution in [0.15, 0.2) is 36.5 Å². The minimum absolute atomic E-state index is 0.0804. The van der Waals surface area contributed by atoms with Gasteiger partial charge in [0.05, 0.1) is 12.6 Å². The number of hydrogen-bond donors (Lipinski definition) is 2. The smallest absolute Gasteiger partial charge is 0.410 e. The molecular weight excluding hydrogens is 392 g/mol. The Hall–Kier alpha value is -2.31. The number of amides is 1. The van der Waals surface area contributed by atoms with Crippen molar-refractivity contribution in [3.05, 3.63) is 58.4 Å². The number of phenols is 1. The predicted molar refractivity (Wildman–Crippen MR) is 111 cm³/mol. The first-order chi connectivity index (χ1) is 13.6. The molecule has 1 aromatic heterocycles. The average Bonchev–Trinajstić information content (AvgIpc) is 2.64. The number of aliphatic hydroxyl groups excluding tert-OH is 1. The topological polar surface area (TPSA) is 82.9 Å². The van der Waals surface area contributed by atoms with Gasteiger partial charge in [-0.1, -0.05) is 23.7 Å². The van der Waals surface area contributed by atoms with E-state index < -0.39 is 17.8 Å². The molecule has 2 aromatic rings. The number of carbonyl (C=O) groups excluding carboxylic acids is 1. The Labute approximate surface area is 176 Å². The number of aromatic nitrogens is 1. The van der Waals surface area contributed by atoms with E-state index in [0.717, 1.165) is 18.4 Å². The molecule has 0 saturated heterocycles. The van der Waals surface area contributed by atoms with Gasteiger partial charge in [0.2, 0.25) is 0 Å². The van der Waals surface area contributed by atoms with Crippen LogP contribution in [0.2, 0.25) is 5.15 Å². The SMILES string of the molecule is CC(C)(C)OC(=O)N(C[C@H](O)c1ccc(Cl)nc1)[C@H]1CCc2ccc(O)cc2C1. The highest BCUT2D eigenvalue weighted by Gasteiger charge is 2.32. The third-order valence-corrected chi connectivity index (χ3v) is 5.19. The lowest BCUT2D eigenvalue weighted by atomic mass is 9.87. The predicted octanol–water partition coefficient (Wildman–Crippen LogP) is 4.27. The van der Waals surface area contributed by atoms with Crippen LogP contribution in [0.25, 0.3) is 0 Å². The zero-order chi connectivity index (χ0) is 21.2. The summed E-state index contributed by atoms with van der Waals surface area (Å²) in [6, 6.07) is 8.51. The van der Waals surface area contributed by atoms with Crippen molar-refractivity contribution in [3.63, 3.8) is 0 Å². The number of aliphatic hydroxyl groups is 1. The van der Waals surface area contributed by atoms with Gasteiger partial charge in [0.15, 0.2) is 0 Å². The monoisotopic (exact) mass is 418 g/mol. The number of ether oxygens (including phenoxy) is 1. The molecule has 2 N–H and O–H groups in total. The molecule has 1 amide bonds.